The zero-order valence-corrected chi connectivity index (χ0v) is 23.1. The van der Waals surface area contributed by atoms with Crippen molar-refractivity contribution in [1.29, 1.82) is 0 Å². The first kappa shape index (κ1) is 33.2. The predicted octanol–water partition coefficient (Wildman–Crippen LogP) is 2.80. The van der Waals surface area contributed by atoms with Crippen molar-refractivity contribution in [2.75, 3.05) is 46.2 Å². The van der Waals surface area contributed by atoms with Gasteiger partial charge in [-0.05, 0) is 62.3 Å². The number of nitrogens with one attached hydrogen (secondary N) is 1. The lowest BCUT2D eigenvalue weighted by Crippen LogP contribution is -2.44. The van der Waals surface area contributed by atoms with Gasteiger partial charge in [0.05, 0.1) is 52.5 Å². The van der Waals surface area contributed by atoms with E-state index in [2.05, 4.69) is 5.32 Å². The molecule has 1 N–H and O–H groups in total. The van der Waals surface area contributed by atoms with Crippen molar-refractivity contribution < 1.29 is 42.8 Å². The molecule has 0 bridgehead atoms. The summed E-state index contributed by atoms with van der Waals surface area (Å²) in [5.41, 5.74) is -1.80. The van der Waals surface area contributed by atoms with Crippen LogP contribution in [-0.4, -0.2) is 86.9 Å². The van der Waals surface area contributed by atoms with Crippen molar-refractivity contribution in [3.8, 4) is 0 Å². The number of hydrogen-bond donors (Lipinski definition) is 1. The Labute approximate surface area is 210 Å². The molecule has 0 aromatic heterocycles. The molecular formula is C25H47NO9. The van der Waals surface area contributed by atoms with Crippen LogP contribution in [0.15, 0.2) is 0 Å². The normalized spacial score (nSPS) is 13.3. The first-order valence-corrected chi connectivity index (χ1v) is 12.1. The Balaban J connectivity index is 4.04. The minimum atomic E-state index is -0.832. The van der Waals surface area contributed by atoms with E-state index in [1.54, 1.807) is 41.5 Å². The molecule has 0 aliphatic rings. The quantitative estimate of drug-likeness (QED) is 0.190. The van der Waals surface area contributed by atoms with E-state index in [0.717, 1.165) is 0 Å². The third-order valence-electron chi connectivity index (χ3n) is 3.73. The number of ether oxygens (including phenoxy) is 6. The first-order chi connectivity index (χ1) is 16.0. The maximum atomic E-state index is 12.5. The number of hydrogen-bond acceptors (Lipinski definition) is 10. The van der Waals surface area contributed by atoms with Crippen LogP contribution < -0.4 is 5.32 Å². The zero-order chi connectivity index (χ0) is 27.1. The van der Waals surface area contributed by atoms with Crippen LogP contribution in [0.5, 0.6) is 0 Å². The molecule has 0 saturated carbocycles. The average Bonchev–Trinajstić information content (AvgIpc) is 2.63. The summed E-state index contributed by atoms with van der Waals surface area (Å²) in [6.45, 7) is 18.5. The van der Waals surface area contributed by atoms with Gasteiger partial charge in [-0.2, -0.15) is 0 Å². The van der Waals surface area contributed by atoms with Crippen molar-refractivity contribution in [3.05, 3.63) is 0 Å². The van der Waals surface area contributed by atoms with Crippen LogP contribution in [0.4, 0.5) is 0 Å². The average molecular weight is 506 g/mol. The zero-order valence-electron chi connectivity index (χ0n) is 23.1. The number of carbonyl (C=O) groups excluding carboxylic acids is 3. The molecule has 206 valence electrons. The molecule has 0 rings (SSSR count). The number of esters is 3. The Bertz CT molecular complexity index is 630. The molecule has 0 fully saturated rings. The van der Waals surface area contributed by atoms with Gasteiger partial charge >= 0.3 is 17.9 Å². The fourth-order valence-corrected chi connectivity index (χ4v) is 2.56. The largest absolute Gasteiger partial charge is 0.460 e. The van der Waals surface area contributed by atoms with Crippen LogP contribution in [0.25, 0.3) is 0 Å². The minimum Gasteiger partial charge on any atom is -0.460 e. The molecule has 10 nitrogen and oxygen atoms in total. The monoisotopic (exact) mass is 505 g/mol. The summed E-state index contributed by atoms with van der Waals surface area (Å²) in [5.74, 6) is -1.29. The smallest absolute Gasteiger partial charge is 0.324 e. The van der Waals surface area contributed by atoms with Gasteiger partial charge in [0.2, 0.25) is 0 Å². The van der Waals surface area contributed by atoms with E-state index in [-0.39, 0.29) is 25.4 Å². The fraction of sp³-hybridized carbons (Fsp3) is 0.880. The van der Waals surface area contributed by atoms with Crippen LogP contribution in [0.1, 0.15) is 75.2 Å². The second-order valence-electron chi connectivity index (χ2n) is 11.0. The van der Waals surface area contributed by atoms with E-state index < -0.39 is 34.8 Å². The second-order valence-corrected chi connectivity index (χ2v) is 11.0. The first-order valence-electron chi connectivity index (χ1n) is 12.1. The summed E-state index contributed by atoms with van der Waals surface area (Å²) in [6, 6.07) is -0.832. The Kier molecular flexibility index (Phi) is 15.3. The lowest BCUT2D eigenvalue weighted by molar-refractivity contribution is -0.164. The van der Waals surface area contributed by atoms with Gasteiger partial charge in [0.25, 0.3) is 0 Å². The third-order valence-corrected chi connectivity index (χ3v) is 3.73. The van der Waals surface area contributed by atoms with Gasteiger partial charge in [-0.3, -0.25) is 14.4 Å². The molecule has 0 aromatic rings. The van der Waals surface area contributed by atoms with Crippen LogP contribution in [0.2, 0.25) is 0 Å². The van der Waals surface area contributed by atoms with E-state index in [4.69, 9.17) is 28.4 Å². The second kappa shape index (κ2) is 16.1. The summed E-state index contributed by atoms with van der Waals surface area (Å²) < 4.78 is 32.2. The SMILES string of the molecule is CC(C)(C)OC(=O)CCOCCOCCOCCNC(CC(=O)OC(C)(C)C)C(=O)OC(C)(C)C. The van der Waals surface area contributed by atoms with Crippen molar-refractivity contribution in [3.63, 3.8) is 0 Å². The summed E-state index contributed by atoms with van der Waals surface area (Å²) >= 11 is 0. The summed E-state index contributed by atoms with van der Waals surface area (Å²) in [7, 11) is 0. The number of carbonyl (C=O) groups is 3. The Morgan fingerprint density at radius 1 is 0.600 bits per heavy atom. The van der Waals surface area contributed by atoms with Crippen molar-refractivity contribution in [2.24, 2.45) is 0 Å². The lowest BCUT2D eigenvalue weighted by Gasteiger charge is -2.25. The summed E-state index contributed by atoms with van der Waals surface area (Å²) in [5, 5.41) is 3.01. The molecule has 0 spiro atoms. The maximum Gasteiger partial charge on any atom is 0.324 e. The van der Waals surface area contributed by atoms with E-state index in [1.807, 2.05) is 20.8 Å². The van der Waals surface area contributed by atoms with Gasteiger partial charge in [-0.1, -0.05) is 0 Å². The molecule has 0 heterocycles. The van der Waals surface area contributed by atoms with Crippen molar-refractivity contribution in [1.82, 2.24) is 5.32 Å². The molecule has 0 radical (unpaired) electrons. The van der Waals surface area contributed by atoms with Crippen LogP contribution >= 0.6 is 0 Å². The molecule has 10 heteroatoms. The molecule has 0 aliphatic heterocycles. The molecule has 0 amide bonds. The van der Waals surface area contributed by atoms with E-state index in [9.17, 15) is 14.4 Å². The highest BCUT2D eigenvalue weighted by Gasteiger charge is 2.29. The van der Waals surface area contributed by atoms with Gasteiger partial charge in [-0.15, -0.1) is 0 Å². The Morgan fingerprint density at radius 3 is 1.51 bits per heavy atom. The van der Waals surface area contributed by atoms with Gasteiger partial charge in [0.15, 0.2) is 0 Å². The molecule has 0 aliphatic carbocycles. The van der Waals surface area contributed by atoms with E-state index >= 15 is 0 Å². The Hall–Kier alpha value is -1.75. The van der Waals surface area contributed by atoms with Gasteiger partial charge < -0.3 is 33.7 Å². The molecule has 35 heavy (non-hydrogen) atoms. The lowest BCUT2D eigenvalue weighted by atomic mass is 10.1. The summed E-state index contributed by atoms with van der Waals surface area (Å²) in [4.78, 5) is 36.2. The highest BCUT2D eigenvalue weighted by Crippen LogP contribution is 2.13. The molecule has 0 aromatic carbocycles. The molecular weight excluding hydrogens is 458 g/mol. The highest BCUT2D eigenvalue weighted by molar-refractivity contribution is 5.83. The van der Waals surface area contributed by atoms with E-state index in [1.165, 1.54) is 0 Å². The van der Waals surface area contributed by atoms with E-state index in [0.29, 0.717) is 39.6 Å². The fourth-order valence-electron chi connectivity index (χ4n) is 2.56. The standard InChI is InChI=1S/C25H47NO9/c1-23(2,3)33-20(27)10-12-30-14-16-32-17-15-31-13-11-26-19(22(29)35-25(7,8)9)18-21(28)34-24(4,5)6/h19,26H,10-18H2,1-9H3. The van der Waals surface area contributed by atoms with Crippen LogP contribution in [-0.2, 0) is 42.8 Å². The summed E-state index contributed by atoms with van der Waals surface area (Å²) in [6.07, 6.45) is 0.0643. The molecule has 1 atom stereocenters. The van der Waals surface area contributed by atoms with Gasteiger partial charge in [0, 0.05) is 6.54 Å². The Morgan fingerprint density at radius 2 is 1.03 bits per heavy atom. The van der Waals surface area contributed by atoms with Crippen LogP contribution in [0.3, 0.4) is 0 Å². The van der Waals surface area contributed by atoms with Gasteiger partial charge in [-0.25, -0.2) is 0 Å². The molecule has 1 unspecified atom stereocenters. The number of rotatable bonds is 16. The maximum absolute atomic E-state index is 12.5. The third kappa shape index (κ3) is 22.5. The minimum absolute atomic E-state index is 0.136. The van der Waals surface area contributed by atoms with Gasteiger partial charge in [0.1, 0.15) is 22.8 Å². The highest BCUT2D eigenvalue weighted by atomic mass is 16.6. The van der Waals surface area contributed by atoms with Crippen molar-refractivity contribution in [2.45, 2.75) is 98.0 Å². The topological polar surface area (TPSA) is 119 Å². The van der Waals surface area contributed by atoms with Crippen molar-refractivity contribution >= 4 is 17.9 Å². The molecule has 0 saturated heterocycles. The predicted molar refractivity (Wildman–Crippen MR) is 131 cm³/mol. The van der Waals surface area contributed by atoms with Crippen LogP contribution in [0, 0.1) is 0 Å².